The van der Waals surface area contributed by atoms with Gasteiger partial charge in [-0.15, -0.1) is 0 Å². The summed E-state index contributed by atoms with van der Waals surface area (Å²) < 4.78 is 55.2. The highest BCUT2D eigenvalue weighted by Crippen LogP contribution is 2.34. The van der Waals surface area contributed by atoms with E-state index in [0.717, 1.165) is 11.1 Å². The van der Waals surface area contributed by atoms with Gasteiger partial charge in [-0.2, -0.15) is 9.57 Å². The van der Waals surface area contributed by atoms with Crippen LogP contribution in [0.5, 0.6) is 0 Å². The van der Waals surface area contributed by atoms with Gasteiger partial charge in [0.1, 0.15) is 5.69 Å². The predicted molar refractivity (Wildman–Crippen MR) is 148 cm³/mol. The van der Waals surface area contributed by atoms with E-state index in [2.05, 4.69) is 4.98 Å². The summed E-state index contributed by atoms with van der Waals surface area (Å²) in [6.07, 6.45) is 0. The largest absolute Gasteiger partial charge is 0.352 e. The van der Waals surface area contributed by atoms with Crippen LogP contribution in [0.25, 0.3) is 11.0 Å². The van der Waals surface area contributed by atoms with E-state index in [0.29, 0.717) is 11.0 Å². The van der Waals surface area contributed by atoms with Gasteiger partial charge in [0.05, 0.1) is 26.9 Å². The van der Waals surface area contributed by atoms with Crippen molar-refractivity contribution in [1.29, 1.82) is 5.26 Å². The molecule has 1 aromatic heterocycles. The fourth-order valence-corrected chi connectivity index (χ4v) is 7.51. The van der Waals surface area contributed by atoms with Crippen LogP contribution in [-0.2, 0) is 19.9 Å². The number of fused-ring (bicyclic) bond motifs is 1. The maximum Gasteiger partial charge on any atom is 0.243 e. The summed E-state index contributed by atoms with van der Waals surface area (Å²) in [5, 5.41) is 8.49. The van der Waals surface area contributed by atoms with E-state index in [1.165, 1.54) is 16.4 Å². The van der Waals surface area contributed by atoms with Crippen LogP contribution in [0.2, 0.25) is 0 Å². The van der Waals surface area contributed by atoms with Gasteiger partial charge < -0.3 is 4.90 Å². The minimum atomic E-state index is -4.11. The number of nitrogens with zero attached hydrogens (tertiary/aromatic N) is 5. The molecule has 39 heavy (non-hydrogen) atoms. The normalized spacial score (nSPS) is 15.7. The van der Waals surface area contributed by atoms with Gasteiger partial charge in [0, 0.05) is 26.2 Å². The van der Waals surface area contributed by atoms with Crippen LogP contribution in [0.15, 0.2) is 82.6 Å². The first-order valence-corrected chi connectivity index (χ1v) is 15.4. The number of piperazine rings is 1. The first-order chi connectivity index (χ1) is 18.6. The number of benzene rings is 3. The maximum atomic E-state index is 13.5. The molecule has 4 aromatic rings. The highest BCUT2D eigenvalue weighted by Gasteiger charge is 2.36. The third kappa shape index (κ3) is 4.98. The molecule has 5 rings (SSSR count). The van der Waals surface area contributed by atoms with E-state index in [1.54, 1.807) is 60.7 Å². The minimum Gasteiger partial charge on any atom is -0.352 e. The molecule has 2 heterocycles. The number of rotatable bonds is 6. The second kappa shape index (κ2) is 10.4. The fourth-order valence-electron chi connectivity index (χ4n) is 4.60. The van der Waals surface area contributed by atoms with Gasteiger partial charge in [-0.3, -0.25) is 0 Å². The van der Waals surface area contributed by atoms with Crippen molar-refractivity contribution in [1.82, 2.24) is 14.3 Å². The Bertz CT molecular complexity index is 1800. The summed E-state index contributed by atoms with van der Waals surface area (Å²) in [6, 6.07) is 21.9. The molecule has 11 heteroatoms. The Morgan fingerprint density at radius 2 is 1.38 bits per heavy atom. The van der Waals surface area contributed by atoms with E-state index >= 15 is 0 Å². The lowest BCUT2D eigenvalue weighted by Gasteiger charge is -2.35. The van der Waals surface area contributed by atoms with Crippen LogP contribution in [0.4, 0.5) is 5.82 Å². The van der Waals surface area contributed by atoms with Crippen LogP contribution >= 0.6 is 0 Å². The van der Waals surface area contributed by atoms with Gasteiger partial charge in [0.15, 0.2) is 11.1 Å². The molecule has 1 fully saturated rings. The number of aryl methyl sites for hydroxylation is 2. The van der Waals surface area contributed by atoms with Crippen molar-refractivity contribution in [2.75, 3.05) is 31.1 Å². The maximum absolute atomic E-state index is 13.5. The third-order valence-electron chi connectivity index (χ3n) is 6.98. The summed E-state index contributed by atoms with van der Waals surface area (Å²) in [5.74, 6) is 0.267. The molecule has 0 radical (unpaired) electrons. The summed E-state index contributed by atoms with van der Waals surface area (Å²) >= 11 is 0. The molecule has 9 nitrogen and oxygen atoms in total. The van der Waals surface area contributed by atoms with Gasteiger partial charge in [0.25, 0.3) is 0 Å². The topological polar surface area (TPSA) is 124 Å². The fraction of sp³-hybridized carbons (Fsp3) is 0.250. The Balaban J connectivity index is 1.51. The van der Waals surface area contributed by atoms with Gasteiger partial charge in [-0.05, 0) is 61.4 Å². The molecule has 1 saturated heterocycles. The van der Waals surface area contributed by atoms with Gasteiger partial charge >= 0.3 is 0 Å². The molecular weight excluding hydrogens is 534 g/mol. The third-order valence-corrected chi connectivity index (χ3v) is 10.8. The quantitative estimate of drug-likeness (QED) is 0.348. The smallest absolute Gasteiger partial charge is 0.243 e. The Morgan fingerprint density at radius 1 is 0.769 bits per heavy atom. The van der Waals surface area contributed by atoms with Crippen molar-refractivity contribution < 1.29 is 16.8 Å². The lowest BCUT2D eigenvalue weighted by molar-refractivity contribution is 0.383. The Kier molecular flexibility index (Phi) is 7.11. The lowest BCUT2D eigenvalue weighted by atomic mass is 10.1. The molecule has 0 aliphatic carbocycles. The van der Waals surface area contributed by atoms with Crippen LogP contribution in [0.3, 0.4) is 0 Å². The monoisotopic (exact) mass is 561 g/mol. The molecule has 200 valence electrons. The van der Waals surface area contributed by atoms with Gasteiger partial charge in [0.2, 0.25) is 19.9 Å². The zero-order valence-electron chi connectivity index (χ0n) is 21.5. The van der Waals surface area contributed by atoms with Crippen molar-refractivity contribution in [3.8, 4) is 6.07 Å². The lowest BCUT2D eigenvalue weighted by Crippen LogP contribution is -2.49. The van der Waals surface area contributed by atoms with Crippen molar-refractivity contribution in [3.63, 3.8) is 0 Å². The predicted octanol–water partition coefficient (Wildman–Crippen LogP) is 3.80. The number of hydrogen-bond acceptors (Lipinski definition) is 8. The number of sulfonamides is 1. The number of anilines is 1. The molecule has 1 aliphatic rings. The standard InChI is InChI=1S/C28H27N5O4S2/c1-20-12-13-23(18-21(20)2)39(36,37)33-16-14-32(15-17-33)28-27(30-24-10-6-7-11-25(24)31-28)26(19-29)38(34,35)22-8-4-3-5-9-22/h3-13,18,26H,14-17H2,1-2H3/t26-/m1/s1. The average molecular weight is 562 g/mol. The van der Waals surface area contributed by atoms with E-state index in [1.807, 2.05) is 24.8 Å². The zero-order valence-corrected chi connectivity index (χ0v) is 23.2. The van der Waals surface area contributed by atoms with E-state index in [-0.39, 0.29) is 47.5 Å². The Labute approximate surface area is 228 Å². The summed E-state index contributed by atoms with van der Waals surface area (Å²) in [4.78, 5) is 11.4. The van der Waals surface area contributed by atoms with Crippen LogP contribution in [0, 0.1) is 25.2 Å². The number of hydrogen-bond donors (Lipinski definition) is 0. The van der Waals surface area contributed by atoms with Crippen molar-refractivity contribution >= 4 is 36.7 Å². The number of nitriles is 1. The summed E-state index contributed by atoms with van der Waals surface area (Å²) in [6.45, 7) is 4.67. The molecule has 3 aromatic carbocycles. The van der Waals surface area contributed by atoms with Crippen molar-refractivity contribution in [2.24, 2.45) is 0 Å². The number of para-hydroxylation sites is 2. The number of aromatic nitrogens is 2. The van der Waals surface area contributed by atoms with E-state index < -0.39 is 25.1 Å². The summed E-state index contributed by atoms with van der Waals surface area (Å²) in [7, 11) is -7.82. The highest BCUT2D eigenvalue weighted by atomic mass is 32.2. The second-order valence-electron chi connectivity index (χ2n) is 9.43. The SMILES string of the molecule is Cc1ccc(S(=O)(=O)N2CCN(c3nc4ccccc4nc3[C@@H](C#N)S(=O)(=O)c3ccccc3)CC2)cc1C. The molecular formula is C28H27N5O4S2. The van der Waals surface area contributed by atoms with Crippen LogP contribution < -0.4 is 4.90 Å². The average Bonchev–Trinajstić information content (AvgIpc) is 2.95. The first kappa shape index (κ1) is 26.7. The van der Waals surface area contributed by atoms with E-state index in [4.69, 9.17) is 4.98 Å². The molecule has 0 spiro atoms. The molecule has 1 aliphatic heterocycles. The second-order valence-corrected chi connectivity index (χ2v) is 13.4. The van der Waals surface area contributed by atoms with Crippen molar-refractivity contribution in [2.45, 2.75) is 28.9 Å². The molecule has 0 saturated carbocycles. The van der Waals surface area contributed by atoms with E-state index in [9.17, 15) is 22.1 Å². The Hall–Kier alpha value is -3.85. The van der Waals surface area contributed by atoms with Crippen LogP contribution in [0.1, 0.15) is 22.1 Å². The molecule has 0 N–H and O–H groups in total. The van der Waals surface area contributed by atoms with Crippen molar-refractivity contribution in [3.05, 3.63) is 89.6 Å². The minimum absolute atomic E-state index is 0.0155. The Morgan fingerprint density at radius 3 is 2.00 bits per heavy atom. The molecule has 0 amide bonds. The molecule has 1 atom stereocenters. The molecule has 0 unspecified atom stereocenters. The summed E-state index contributed by atoms with van der Waals surface area (Å²) in [5.41, 5.74) is 2.96. The van der Waals surface area contributed by atoms with Gasteiger partial charge in [-0.1, -0.05) is 36.4 Å². The van der Waals surface area contributed by atoms with Gasteiger partial charge in [-0.25, -0.2) is 26.8 Å². The molecule has 0 bridgehead atoms. The first-order valence-electron chi connectivity index (χ1n) is 12.4. The highest BCUT2D eigenvalue weighted by molar-refractivity contribution is 7.92. The zero-order chi connectivity index (χ0) is 27.8. The number of sulfone groups is 1. The van der Waals surface area contributed by atoms with Crippen LogP contribution in [-0.4, -0.2) is 57.3 Å².